The van der Waals surface area contributed by atoms with E-state index in [1.54, 1.807) is 20.1 Å². The van der Waals surface area contributed by atoms with Gasteiger partial charge in [-0.3, -0.25) is 0 Å². The first-order chi connectivity index (χ1) is 3.50. The molecule has 1 atom stereocenters. The molecule has 0 aliphatic heterocycles. The Morgan fingerprint density at radius 1 is 1.62 bits per heavy atom. The van der Waals surface area contributed by atoms with Crippen molar-refractivity contribution in [1.82, 2.24) is 0 Å². The second kappa shape index (κ2) is 2.43. The fourth-order valence-corrected chi connectivity index (χ4v) is 0.249. The minimum absolute atomic E-state index is 0.458. The van der Waals surface area contributed by atoms with E-state index in [1.165, 1.54) is 0 Å². The molecule has 0 saturated carbocycles. The van der Waals surface area contributed by atoms with Crippen LogP contribution in [0, 0.1) is 12.3 Å². The largest absolute Gasteiger partial charge is 0.615 e. The van der Waals surface area contributed by atoms with Crippen molar-refractivity contribution in [3.63, 3.8) is 0 Å². The Hall–Kier alpha value is -0.130. The molecule has 0 aromatic rings. The van der Waals surface area contributed by atoms with Crippen LogP contribution in [0.5, 0.6) is 0 Å². The molecule has 0 N–H and O–H groups in total. The highest BCUT2D eigenvalue weighted by Crippen LogP contribution is 2.11. The normalized spacial score (nSPS) is 14.9. The van der Waals surface area contributed by atoms with Gasteiger partial charge in [0.15, 0.2) is 4.75 Å². The molecule has 1 nitrogen and oxygen atoms in total. The van der Waals surface area contributed by atoms with Crippen LogP contribution in [0.1, 0.15) is 13.8 Å². The molecule has 0 spiro atoms. The minimum atomic E-state index is -0.912. The third kappa shape index (κ3) is 1.77. The third-order valence-corrected chi connectivity index (χ3v) is 2.62. The van der Waals surface area contributed by atoms with Gasteiger partial charge in [-0.05, 0) is 30.9 Å². The summed E-state index contributed by atoms with van der Waals surface area (Å²) in [5.74, 6) is 2.44. The van der Waals surface area contributed by atoms with Gasteiger partial charge in [0, 0.05) is 0 Å². The molecule has 0 aromatic heterocycles. The maximum atomic E-state index is 10.7. The van der Waals surface area contributed by atoms with Crippen molar-refractivity contribution in [3.8, 4) is 12.3 Å². The lowest BCUT2D eigenvalue weighted by Gasteiger charge is -2.18. The lowest BCUT2D eigenvalue weighted by Crippen LogP contribution is -2.28. The van der Waals surface area contributed by atoms with Gasteiger partial charge in [-0.15, -0.1) is 6.42 Å². The predicted octanol–water partition coefficient (Wildman–Crippen LogP) is 0.777. The highest BCUT2D eigenvalue weighted by molar-refractivity contribution is 7.92. The first kappa shape index (κ1) is 7.87. The molecular formula is C6H10OS. The smallest absolute Gasteiger partial charge is 0.178 e. The van der Waals surface area contributed by atoms with Crippen LogP contribution in [-0.4, -0.2) is 15.6 Å². The van der Waals surface area contributed by atoms with Gasteiger partial charge >= 0.3 is 0 Å². The maximum absolute atomic E-state index is 10.7. The third-order valence-electron chi connectivity index (χ3n) is 1.07. The molecule has 0 aliphatic rings. The zero-order valence-electron chi connectivity index (χ0n) is 5.39. The molecule has 0 saturated heterocycles. The van der Waals surface area contributed by atoms with Crippen molar-refractivity contribution in [2.75, 3.05) is 6.26 Å². The summed E-state index contributed by atoms with van der Waals surface area (Å²) in [4.78, 5) is 0. The van der Waals surface area contributed by atoms with E-state index in [4.69, 9.17) is 6.42 Å². The van der Waals surface area contributed by atoms with E-state index >= 15 is 0 Å². The molecule has 0 aliphatic carbocycles. The highest BCUT2D eigenvalue weighted by Gasteiger charge is 2.23. The summed E-state index contributed by atoms with van der Waals surface area (Å²) in [7, 11) is 0. The van der Waals surface area contributed by atoms with Crippen LogP contribution >= 0.6 is 0 Å². The predicted molar refractivity (Wildman–Crippen MR) is 37.0 cm³/mol. The second-order valence-corrected chi connectivity index (χ2v) is 4.04. The molecule has 0 fully saturated rings. The number of terminal acetylenes is 1. The summed E-state index contributed by atoms with van der Waals surface area (Å²) in [6.07, 6.45) is 6.68. The van der Waals surface area contributed by atoms with Gasteiger partial charge in [0.25, 0.3) is 0 Å². The number of rotatable bonds is 1. The summed E-state index contributed by atoms with van der Waals surface area (Å²) in [5.41, 5.74) is 0. The molecule has 8 heavy (non-hydrogen) atoms. The van der Waals surface area contributed by atoms with Gasteiger partial charge in [0.1, 0.15) is 0 Å². The van der Waals surface area contributed by atoms with Crippen LogP contribution in [0.15, 0.2) is 0 Å². The van der Waals surface area contributed by atoms with E-state index in [0.717, 1.165) is 0 Å². The summed E-state index contributed by atoms with van der Waals surface area (Å²) >= 11 is -0.912. The van der Waals surface area contributed by atoms with Gasteiger partial charge < -0.3 is 4.55 Å². The van der Waals surface area contributed by atoms with Gasteiger partial charge in [0.2, 0.25) is 0 Å². The fraction of sp³-hybridized carbons (Fsp3) is 0.667. The van der Waals surface area contributed by atoms with E-state index < -0.39 is 15.9 Å². The standard InChI is InChI=1S/C6H10OS/c1-5-6(2,3)8(4)7/h1H,2-4H3. The zero-order valence-corrected chi connectivity index (χ0v) is 6.21. The summed E-state index contributed by atoms with van der Waals surface area (Å²) in [5, 5.41) is 0. The Balaban J connectivity index is 3.97. The maximum Gasteiger partial charge on any atom is 0.178 e. The Morgan fingerprint density at radius 3 is 2.00 bits per heavy atom. The fourth-order valence-electron chi connectivity index (χ4n) is 0.0830. The van der Waals surface area contributed by atoms with Crippen LogP contribution in [0.25, 0.3) is 0 Å². The Labute approximate surface area is 53.7 Å². The molecule has 0 radical (unpaired) electrons. The summed E-state index contributed by atoms with van der Waals surface area (Å²) < 4.78 is 10.2. The SMILES string of the molecule is C#CC(C)(C)[S+](C)[O-]. The topological polar surface area (TPSA) is 23.1 Å². The van der Waals surface area contributed by atoms with Crippen LogP contribution in [0.3, 0.4) is 0 Å². The van der Waals surface area contributed by atoms with Crippen LogP contribution < -0.4 is 0 Å². The first-order valence-electron chi connectivity index (χ1n) is 2.32. The van der Waals surface area contributed by atoms with Crippen molar-refractivity contribution in [2.45, 2.75) is 18.6 Å². The van der Waals surface area contributed by atoms with E-state index in [1.807, 2.05) is 0 Å². The van der Waals surface area contributed by atoms with Gasteiger partial charge in [0.05, 0.1) is 6.26 Å². The van der Waals surface area contributed by atoms with E-state index in [0.29, 0.717) is 0 Å². The summed E-state index contributed by atoms with van der Waals surface area (Å²) in [6, 6.07) is 0. The lowest BCUT2D eigenvalue weighted by molar-refractivity contribution is 0.580. The molecule has 0 rings (SSSR count). The molecule has 0 bridgehead atoms. The van der Waals surface area contributed by atoms with Gasteiger partial charge in [-0.1, -0.05) is 0 Å². The van der Waals surface area contributed by atoms with E-state index in [-0.39, 0.29) is 0 Å². The quantitative estimate of drug-likeness (QED) is 0.380. The van der Waals surface area contributed by atoms with Crippen molar-refractivity contribution in [1.29, 1.82) is 0 Å². The number of hydrogen-bond donors (Lipinski definition) is 0. The zero-order chi connectivity index (χ0) is 6.78. The molecule has 0 aromatic carbocycles. The van der Waals surface area contributed by atoms with Crippen molar-refractivity contribution in [2.24, 2.45) is 0 Å². The van der Waals surface area contributed by atoms with Crippen molar-refractivity contribution < 1.29 is 4.55 Å². The van der Waals surface area contributed by atoms with Gasteiger partial charge in [-0.25, -0.2) is 0 Å². The monoisotopic (exact) mass is 130 g/mol. The average molecular weight is 130 g/mol. The van der Waals surface area contributed by atoms with Crippen molar-refractivity contribution in [3.05, 3.63) is 0 Å². The number of hydrogen-bond acceptors (Lipinski definition) is 1. The highest BCUT2D eigenvalue weighted by atomic mass is 32.2. The van der Waals surface area contributed by atoms with Gasteiger partial charge in [-0.2, -0.15) is 0 Å². The molecular weight excluding hydrogens is 120 g/mol. The molecule has 0 amide bonds. The second-order valence-electron chi connectivity index (χ2n) is 2.11. The Morgan fingerprint density at radius 2 is 2.00 bits per heavy atom. The molecule has 2 heteroatoms. The lowest BCUT2D eigenvalue weighted by atomic mass is 10.2. The first-order valence-corrected chi connectivity index (χ1v) is 3.88. The van der Waals surface area contributed by atoms with E-state index in [2.05, 4.69) is 5.92 Å². The summed E-state index contributed by atoms with van der Waals surface area (Å²) in [6.45, 7) is 3.56. The van der Waals surface area contributed by atoms with Crippen LogP contribution in [0.2, 0.25) is 0 Å². The van der Waals surface area contributed by atoms with Crippen LogP contribution in [-0.2, 0) is 11.2 Å². The Kier molecular flexibility index (Phi) is 2.39. The van der Waals surface area contributed by atoms with E-state index in [9.17, 15) is 4.55 Å². The van der Waals surface area contributed by atoms with Crippen molar-refractivity contribution >= 4 is 11.2 Å². The Bertz CT molecular complexity index is 110. The average Bonchev–Trinajstić information content (AvgIpc) is 1.67. The molecule has 46 valence electrons. The molecule has 1 unspecified atom stereocenters. The molecule has 0 heterocycles. The minimum Gasteiger partial charge on any atom is -0.615 e. The van der Waals surface area contributed by atoms with Crippen LogP contribution in [0.4, 0.5) is 0 Å².